The molecule has 1 aromatic heterocycles. The van der Waals surface area contributed by atoms with Crippen LogP contribution in [0.3, 0.4) is 0 Å². The molecule has 1 heterocycles. The predicted molar refractivity (Wildman–Crippen MR) is 83.4 cm³/mol. The number of hydrogen-bond acceptors (Lipinski definition) is 3. The SMILES string of the molecule is CC(C)(C)C(CCCl)NS(=O)(=O)CCc1ccncc1. The predicted octanol–water partition coefficient (Wildman–Crippen LogP) is 2.59. The quantitative estimate of drug-likeness (QED) is 0.786. The van der Waals surface area contributed by atoms with Gasteiger partial charge in [0.1, 0.15) is 0 Å². The largest absolute Gasteiger partial charge is 0.265 e. The van der Waals surface area contributed by atoms with Crippen molar-refractivity contribution >= 4 is 21.6 Å². The summed E-state index contributed by atoms with van der Waals surface area (Å²) in [5, 5.41) is 0. The molecule has 0 aliphatic rings. The van der Waals surface area contributed by atoms with Crippen LogP contribution in [0.25, 0.3) is 0 Å². The van der Waals surface area contributed by atoms with Crippen LogP contribution in [-0.4, -0.2) is 31.1 Å². The Morgan fingerprint density at radius 1 is 1.30 bits per heavy atom. The van der Waals surface area contributed by atoms with Crippen LogP contribution in [0.2, 0.25) is 0 Å². The van der Waals surface area contributed by atoms with Crippen molar-refractivity contribution in [2.24, 2.45) is 5.41 Å². The van der Waals surface area contributed by atoms with Crippen molar-refractivity contribution in [3.05, 3.63) is 30.1 Å². The van der Waals surface area contributed by atoms with E-state index in [1.165, 1.54) is 0 Å². The third-order valence-corrected chi connectivity index (χ3v) is 4.78. The molecule has 1 N–H and O–H groups in total. The van der Waals surface area contributed by atoms with Gasteiger partial charge in [-0.1, -0.05) is 20.8 Å². The van der Waals surface area contributed by atoms with Crippen LogP contribution in [0.15, 0.2) is 24.5 Å². The molecule has 0 saturated carbocycles. The van der Waals surface area contributed by atoms with Gasteiger partial charge in [0.25, 0.3) is 0 Å². The summed E-state index contributed by atoms with van der Waals surface area (Å²) in [7, 11) is -3.31. The molecular weight excluding hydrogens is 296 g/mol. The zero-order chi connectivity index (χ0) is 15.2. The van der Waals surface area contributed by atoms with E-state index in [4.69, 9.17) is 11.6 Å². The first-order chi connectivity index (χ1) is 9.24. The highest BCUT2D eigenvalue weighted by atomic mass is 35.5. The topological polar surface area (TPSA) is 59.1 Å². The molecule has 0 aromatic carbocycles. The van der Waals surface area contributed by atoms with Gasteiger partial charge in [-0.15, -0.1) is 11.6 Å². The molecule has 1 atom stereocenters. The van der Waals surface area contributed by atoms with Crippen molar-refractivity contribution in [2.45, 2.75) is 39.7 Å². The van der Waals surface area contributed by atoms with Crippen molar-refractivity contribution in [3.8, 4) is 0 Å². The first kappa shape index (κ1) is 17.4. The minimum atomic E-state index is -3.31. The van der Waals surface area contributed by atoms with Gasteiger partial charge in [-0.2, -0.15) is 0 Å². The molecule has 0 fully saturated rings. The Kier molecular flexibility index (Phi) is 6.43. The Balaban J connectivity index is 2.64. The fourth-order valence-corrected chi connectivity index (χ4v) is 3.60. The van der Waals surface area contributed by atoms with Crippen LogP contribution >= 0.6 is 11.6 Å². The van der Waals surface area contributed by atoms with E-state index in [-0.39, 0.29) is 17.2 Å². The number of alkyl halides is 1. The maximum atomic E-state index is 12.2. The van der Waals surface area contributed by atoms with E-state index in [0.717, 1.165) is 5.56 Å². The highest BCUT2D eigenvalue weighted by Crippen LogP contribution is 2.23. The Hall–Kier alpha value is -0.650. The van der Waals surface area contributed by atoms with Crippen LogP contribution < -0.4 is 4.72 Å². The van der Waals surface area contributed by atoms with E-state index in [1.54, 1.807) is 12.4 Å². The molecule has 1 unspecified atom stereocenters. The molecule has 114 valence electrons. The monoisotopic (exact) mass is 318 g/mol. The lowest BCUT2D eigenvalue weighted by Crippen LogP contribution is -2.45. The number of rotatable bonds is 7. The van der Waals surface area contributed by atoms with Gasteiger partial charge in [-0.05, 0) is 36.0 Å². The Bertz CT molecular complexity index is 498. The Morgan fingerprint density at radius 2 is 1.90 bits per heavy atom. The summed E-state index contributed by atoms with van der Waals surface area (Å²) in [5.74, 6) is 0.515. The summed E-state index contributed by atoms with van der Waals surface area (Å²) < 4.78 is 27.1. The maximum absolute atomic E-state index is 12.2. The lowest BCUT2D eigenvalue weighted by Gasteiger charge is -2.30. The van der Waals surface area contributed by atoms with E-state index in [1.807, 2.05) is 32.9 Å². The second kappa shape index (κ2) is 7.38. The number of aryl methyl sites for hydroxylation is 1. The maximum Gasteiger partial charge on any atom is 0.212 e. The average molecular weight is 319 g/mol. The van der Waals surface area contributed by atoms with E-state index >= 15 is 0 Å². The van der Waals surface area contributed by atoms with Crippen LogP contribution in [0.5, 0.6) is 0 Å². The highest BCUT2D eigenvalue weighted by molar-refractivity contribution is 7.89. The summed E-state index contributed by atoms with van der Waals surface area (Å²) in [6.45, 7) is 6.03. The van der Waals surface area contributed by atoms with Gasteiger partial charge in [0.15, 0.2) is 0 Å². The van der Waals surface area contributed by atoms with Gasteiger partial charge in [-0.25, -0.2) is 13.1 Å². The van der Waals surface area contributed by atoms with Crippen molar-refractivity contribution in [3.63, 3.8) is 0 Å². The molecule has 4 nitrogen and oxygen atoms in total. The second-order valence-electron chi connectivity index (χ2n) is 5.94. The number of pyridine rings is 1. The van der Waals surface area contributed by atoms with Crippen LogP contribution in [-0.2, 0) is 16.4 Å². The van der Waals surface area contributed by atoms with E-state index in [9.17, 15) is 8.42 Å². The molecule has 0 saturated heterocycles. The molecule has 0 bridgehead atoms. The van der Waals surface area contributed by atoms with Crippen molar-refractivity contribution in [1.29, 1.82) is 0 Å². The minimum Gasteiger partial charge on any atom is -0.265 e. The van der Waals surface area contributed by atoms with E-state index in [0.29, 0.717) is 18.7 Å². The third-order valence-electron chi connectivity index (χ3n) is 3.17. The molecule has 1 rings (SSSR count). The first-order valence-electron chi connectivity index (χ1n) is 6.69. The van der Waals surface area contributed by atoms with Gasteiger partial charge in [0.2, 0.25) is 10.0 Å². The first-order valence-corrected chi connectivity index (χ1v) is 8.88. The van der Waals surface area contributed by atoms with Gasteiger partial charge in [-0.3, -0.25) is 4.98 Å². The van der Waals surface area contributed by atoms with E-state index < -0.39 is 10.0 Å². The number of nitrogens with one attached hydrogen (secondary N) is 1. The number of halogens is 1. The smallest absolute Gasteiger partial charge is 0.212 e. The normalized spacial score (nSPS) is 14.2. The Morgan fingerprint density at radius 3 is 2.40 bits per heavy atom. The number of nitrogens with zero attached hydrogens (tertiary/aromatic N) is 1. The summed E-state index contributed by atoms with van der Waals surface area (Å²) in [4.78, 5) is 3.92. The molecule has 20 heavy (non-hydrogen) atoms. The minimum absolute atomic E-state index is 0.0753. The van der Waals surface area contributed by atoms with E-state index in [2.05, 4.69) is 9.71 Å². The lowest BCUT2D eigenvalue weighted by atomic mass is 9.86. The van der Waals surface area contributed by atoms with Crippen LogP contribution in [0, 0.1) is 5.41 Å². The zero-order valence-electron chi connectivity index (χ0n) is 12.3. The lowest BCUT2D eigenvalue weighted by molar-refractivity contribution is 0.292. The number of hydrogen-bond donors (Lipinski definition) is 1. The summed E-state index contributed by atoms with van der Waals surface area (Å²) in [5.41, 5.74) is 0.813. The van der Waals surface area contributed by atoms with Gasteiger partial charge in [0.05, 0.1) is 5.75 Å². The molecule has 0 aliphatic heterocycles. The van der Waals surface area contributed by atoms with Crippen molar-refractivity contribution < 1.29 is 8.42 Å². The fourth-order valence-electron chi connectivity index (χ4n) is 1.86. The van der Waals surface area contributed by atoms with Crippen molar-refractivity contribution in [1.82, 2.24) is 9.71 Å². The number of sulfonamides is 1. The van der Waals surface area contributed by atoms with Gasteiger partial charge < -0.3 is 0 Å². The summed E-state index contributed by atoms with van der Waals surface area (Å²) >= 11 is 5.76. The molecule has 6 heteroatoms. The van der Waals surface area contributed by atoms with Crippen molar-refractivity contribution in [2.75, 3.05) is 11.6 Å². The molecule has 0 radical (unpaired) electrons. The average Bonchev–Trinajstić information content (AvgIpc) is 2.36. The summed E-state index contributed by atoms with van der Waals surface area (Å²) in [6, 6.07) is 3.51. The molecule has 1 aromatic rings. The van der Waals surface area contributed by atoms with Gasteiger partial charge in [0, 0.05) is 24.3 Å². The fraction of sp³-hybridized carbons (Fsp3) is 0.643. The third kappa shape index (κ3) is 6.20. The Labute approximate surface area is 127 Å². The molecule has 0 amide bonds. The zero-order valence-corrected chi connectivity index (χ0v) is 13.8. The standard InChI is InChI=1S/C14H23ClN2O2S/c1-14(2,3)13(4-8-15)17-20(18,19)11-7-12-5-9-16-10-6-12/h5-6,9-10,13,17H,4,7-8,11H2,1-3H3. The van der Waals surface area contributed by atoms with Crippen LogP contribution in [0.1, 0.15) is 32.8 Å². The molecular formula is C14H23ClN2O2S. The number of aromatic nitrogens is 1. The summed E-state index contributed by atoms with van der Waals surface area (Å²) in [6.07, 6.45) is 4.44. The second-order valence-corrected chi connectivity index (χ2v) is 8.19. The molecule has 0 spiro atoms. The van der Waals surface area contributed by atoms with Gasteiger partial charge >= 0.3 is 0 Å². The highest BCUT2D eigenvalue weighted by Gasteiger charge is 2.28. The van der Waals surface area contributed by atoms with Crippen LogP contribution in [0.4, 0.5) is 0 Å². The molecule has 0 aliphatic carbocycles.